The zero-order valence-electron chi connectivity index (χ0n) is 13.4. The smallest absolute Gasteiger partial charge is 0.323 e. The summed E-state index contributed by atoms with van der Waals surface area (Å²) in [7, 11) is 0. The fraction of sp³-hybridized carbons (Fsp3) is 0.867. The van der Waals surface area contributed by atoms with E-state index in [4.69, 9.17) is 14.2 Å². The highest BCUT2D eigenvalue weighted by atomic mass is 16.6. The van der Waals surface area contributed by atoms with E-state index in [1.807, 2.05) is 13.8 Å². The molecule has 0 aromatic rings. The molecule has 0 spiro atoms. The average Bonchev–Trinajstić information content (AvgIpc) is 2.39. The van der Waals surface area contributed by atoms with E-state index in [1.165, 1.54) is 0 Å². The van der Waals surface area contributed by atoms with Crippen molar-refractivity contribution in [1.82, 2.24) is 0 Å². The van der Waals surface area contributed by atoms with Crippen LogP contribution in [0.15, 0.2) is 0 Å². The van der Waals surface area contributed by atoms with Crippen LogP contribution in [0, 0.1) is 11.3 Å². The fourth-order valence-corrected chi connectivity index (χ4v) is 1.86. The van der Waals surface area contributed by atoms with Gasteiger partial charge in [0.1, 0.15) is 0 Å². The van der Waals surface area contributed by atoms with Gasteiger partial charge in [-0.05, 0) is 32.6 Å². The molecule has 5 nitrogen and oxygen atoms in total. The van der Waals surface area contributed by atoms with E-state index in [0.717, 1.165) is 0 Å². The van der Waals surface area contributed by atoms with Crippen LogP contribution in [0.1, 0.15) is 47.5 Å². The maximum atomic E-state index is 12.2. The molecular formula is C15H28O5. The summed E-state index contributed by atoms with van der Waals surface area (Å²) in [5.74, 6) is -0.626. The van der Waals surface area contributed by atoms with Crippen LogP contribution in [-0.2, 0) is 23.8 Å². The summed E-state index contributed by atoms with van der Waals surface area (Å²) in [6, 6.07) is 0. The van der Waals surface area contributed by atoms with Crippen molar-refractivity contribution >= 4 is 11.9 Å². The predicted octanol–water partition coefficient (Wildman–Crippen LogP) is 2.57. The molecule has 0 aliphatic heterocycles. The maximum Gasteiger partial charge on any atom is 0.323 e. The van der Waals surface area contributed by atoms with Gasteiger partial charge in [0, 0.05) is 13.2 Å². The Morgan fingerprint density at radius 1 is 1.00 bits per heavy atom. The highest BCUT2D eigenvalue weighted by molar-refractivity contribution is 6.00. The molecule has 0 aliphatic carbocycles. The largest absolute Gasteiger partial charge is 0.465 e. The first-order valence-electron chi connectivity index (χ1n) is 7.36. The zero-order chi connectivity index (χ0) is 15.6. The highest BCUT2D eigenvalue weighted by Gasteiger charge is 2.47. The van der Waals surface area contributed by atoms with Crippen LogP contribution in [0.25, 0.3) is 0 Å². The molecule has 0 aromatic carbocycles. The third-order valence-electron chi connectivity index (χ3n) is 3.06. The standard InChI is InChI=1S/C15H28O5/c1-6-15(13(16)19-7-2,14(17)20-8-3)9-10-18-11-12(4)5/h12H,6-11H2,1-5H3. The summed E-state index contributed by atoms with van der Waals surface area (Å²) in [6.45, 7) is 10.7. The fourth-order valence-electron chi connectivity index (χ4n) is 1.86. The van der Waals surface area contributed by atoms with E-state index in [2.05, 4.69) is 0 Å². The molecule has 0 fully saturated rings. The van der Waals surface area contributed by atoms with Crippen molar-refractivity contribution in [3.05, 3.63) is 0 Å². The van der Waals surface area contributed by atoms with Crippen LogP contribution in [0.4, 0.5) is 0 Å². The molecule has 0 rings (SSSR count). The number of ether oxygens (including phenoxy) is 3. The summed E-state index contributed by atoms with van der Waals surface area (Å²) in [6.07, 6.45) is 0.629. The molecule has 0 radical (unpaired) electrons. The molecule has 5 heteroatoms. The van der Waals surface area contributed by atoms with Gasteiger partial charge in [0.15, 0.2) is 5.41 Å². The molecule has 0 heterocycles. The third-order valence-corrected chi connectivity index (χ3v) is 3.06. The van der Waals surface area contributed by atoms with Gasteiger partial charge >= 0.3 is 11.9 Å². The van der Waals surface area contributed by atoms with Gasteiger partial charge in [-0.15, -0.1) is 0 Å². The van der Waals surface area contributed by atoms with E-state index in [9.17, 15) is 9.59 Å². The normalized spacial score (nSPS) is 11.5. The summed E-state index contributed by atoms with van der Waals surface area (Å²) in [5, 5.41) is 0. The van der Waals surface area contributed by atoms with E-state index in [0.29, 0.717) is 25.6 Å². The molecular weight excluding hydrogens is 260 g/mol. The van der Waals surface area contributed by atoms with Gasteiger partial charge in [-0.2, -0.15) is 0 Å². The molecule has 0 unspecified atom stereocenters. The van der Waals surface area contributed by atoms with E-state index in [1.54, 1.807) is 20.8 Å². The van der Waals surface area contributed by atoms with E-state index >= 15 is 0 Å². The zero-order valence-corrected chi connectivity index (χ0v) is 13.4. The molecule has 0 saturated carbocycles. The molecule has 0 atom stereocenters. The van der Waals surface area contributed by atoms with Gasteiger partial charge in [-0.3, -0.25) is 9.59 Å². The Hall–Kier alpha value is -1.10. The van der Waals surface area contributed by atoms with Crippen molar-refractivity contribution in [2.45, 2.75) is 47.5 Å². The van der Waals surface area contributed by atoms with Crippen molar-refractivity contribution in [2.75, 3.05) is 26.4 Å². The van der Waals surface area contributed by atoms with Crippen molar-refractivity contribution in [1.29, 1.82) is 0 Å². The molecule has 0 N–H and O–H groups in total. The van der Waals surface area contributed by atoms with Gasteiger partial charge in [0.2, 0.25) is 0 Å². The second-order valence-corrected chi connectivity index (χ2v) is 5.10. The van der Waals surface area contributed by atoms with Gasteiger partial charge < -0.3 is 14.2 Å². The summed E-state index contributed by atoms with van der Waals surface area (Å²) in [5.41, 5.74) is -1.25. The second kappa shape index (κ2) is 9.75. The van der Waals surface area contributed by atoms with Crippen LogP contribution in [0.3, 0.4) is 0 Å². The average molecular weight is 288 g/mol. The topological polar surface area (TPSA) is 61.8 Å². The van der Waals surface area contributed by atoms with Crippen LogP contribution in [-0.4, -0.2) is 38.4 Å². The molecule has 20 heavy (non-hydrogen) atoms. The minimum Gasteiger partial charge on any atom is -0.465 e. The van der Waals surface area contributed by atoms with Crippen LogP contribution in [0.2, 0.25) is 0 Å². The first-order chi connectivity index (χ1) is 9.44. The Labute approximate surface area is 122 Å². The lowest BCUT2D eigenvalue weighted by Gasteiger charge is -2.27. The minimum atomic E-state index is -1.25. The summed E-state index contributed by atoms with van der Waals surface area (Å²) >= 11 is 0. The van der Waals surface area contributed by atoms with Gasteiger partial charge in [0.05, 0.1) is 13.2 Å². The number of rotatable bonds is 10. The Balaban J connectivity index is 4.82. The second-order valence-electron chi connectivity index (χ2n) is 5.10. The van der Waals surface area contributed by atoms with Crippen LogP contribution in [0.5, 0.6) is 0 Å². The predicted molar refractivity (Wildman–Crippen MR) is 76.3 cm³/mol. The Kier molecular flexibility index (Phi) is 9.21. The molecule has 0 saturated heterocycles. The number of hydrogen-bond acceptors (Lipinski definition) is 5. The minimum absolute atomic E-state index is 0.243. The maximum absolute atomic E-state index is 12.2. The third kappa shape index (κ3) is 5.49. The van der Waals surface area contributed by atoms with Gasteiger partial charge in [0.25, 0.3) is 0 Å². The van der Waals surface area contributed by atoms with Gasteiger partial charge in [-0.1, -0.05) is 20.8 Å². The Morgan fingerprint density at radius 2 is 1.50 bits per heavy atom. The number of esters is 2. The van der Waals surface area contributed by atoms with Crippen molar-refractivity contribution in [3.63, 3.8) is 0 Å². The monoisotopic (exact) mass is 288 g/mol. The highest BCUT2D eigenvalue weighted by Crippen LogP contribution is 2.30. The lowest BCUT2D eigenvalue weighted by atomic mass is 9.82. The lowest BCUT2D eigenvalue weighted by molar-refractivity contribution is -0.174. The Bertz CT molecular complexity index is 281. The quantitative estimate of drug-likeness (QED) is 0.351. The molecule has 0 amide bonds. The van der Waals surface area contributed by atoms with Crippen molar-refractivity contribution < 1.29 is 23.8 Å². The Morgan fingerprint density at radius 3 is 1.85 bits per heavy atom. The lowest BCUT2D eigenvalue weighted by Crippen LogP contribution is -2.42. The molecule has 0 bridgehead atoms. The SMILES string of the molecule is CCOC(=O)C(CC)(CCOCC(C)C)C(=O)OCC. The first kappa shape index (κ1) is 18.9. The van der Waals surface area contributed by atoms with Crippen molar-refractivity contribution in [2.24, 2.45) is 11.3 Å². The van der Waals surface area contributed by atoms with E-state index in [-0.39, 0.29) is 19.6 Å². The number of hydrogen-bond donors (Lipinski definition) is 0. The summed E-state index contributed by atoms with van der Waals surface area (Å²) in [4.78, 5) is 24.3. The molecule has 0 aliphatic rings. The molecule has 118 valence electrons. The number of carbonyl (C=O) groups is 2. The molecule has 0 aromatic heterocycles. The van der Waals surface area contributed by atoms with Crippen LogP contribution < -0.4 is 0 Å². The summed E-state index contributed by atoms with van der Waals surface area (Å²) < 4.78 is 15.6. The number of carbonyl (C=O) groups excluding carboxylic acids is 2. The van der Waals surface area contributed by atoms with Crippen LogP contribution >= 0.6 is 0 Å². The van der Waals surface area contributed by atoms with Crippen molar-refractivity contribution in [3.8, 4) is 0 Å². The van der Waals surface area contributed by atoms with E-state index < -0.39 is 17.4 Å². The first-order valence-corrected chi connectivity index (χ1v) is 7.36. The van der Waals surface area contributed by atoms with Gasteiger partial charge in [-0.25, -0.2) is 0 Å².